The number of rotatable bonds is 5. The molecule has 0 bridgehead atoms. The number of para-hydroxylation sites is 1. The number of hydrogen-bond donors (Lipinski definition) is 0. The molecule has 10 heteroatoms. The normalized spacial score (nSPS) is 13.8. The van der Waals surface area contributed by atoms with Gasteiger partial charge in [-0.25, -0.2) is 4.39 Å². The molecule has 3 aromatic rings. The van der Waals surface area contributed by atoms with Gasteiger partial charge >= 0.3 is 0 Å². The lowest BCUT2D eigenvalue weighted by molar-refractivity contribution is -0.385. The molecule has 1 aliphatic rings. The molecule has 2 aromatic carbocycles. The van der Waals surface area contributed by atoms with E-state index in [9.17, 15) is 19.3 Å². The van der Waals surface area contributed by atoms with Crippen LogP contribution >= 0.6 is 0 Å². The smallest absolute Gasteiger partial charge is 0.274 e. The molecule has 1 aromatic heterocycles. The first-order valence-corrected chi connectivity index (χ1v) is 9.59. The van der Waals surface area contributed by atoms with Crippen LogP contribution in [0.25, 0.3) is 5.69 Å². The Labute approximate surface area is 176 Å². The molecule has 0 radical (unpaired) electrons. The third-order valence-electron chi connectivity index (χ3n) is 4.90. The van der Waals surface area contributed by atoms with E-state index in [0.29, 0.717) is 37.6 Å². The molecule has 1 saturated heterocycles. The highest BCUT2D eigenvalue weighted by molar-refractivity contribution is 5.94. The standard InChI is InChI=1S/C21H19FN4O5/c1-14-19(20(27)24-9-11-30-12-10-24)23-25(15-5-3-2-4-6-15)21(14)31-18-8-7-16(26(28)29)13-17(18)22/h2-8,13H,9-12H2,1H3. The Morgan fingerprint density at radius 1 is 1.19 bits per heavy atom. The van der Waals surface area contributed by atoms with Gasteiger partial charge in [-0.1, -0.05) is 18.2 Å². The monoisotopic (exact) mass is 426 g/mol. The van der Waals surface area contributed by atoms with Gasteiger partial charge in [0.2, 0.25) is 5.88 Å². The summed E-state index contributed by atoms with van der Waals surface area (Å²) in [6.07, 6.45) is 0. The first-order chi connectivity index (χ1) is 15.0. The average Bonchev–Trinajstić information content (AvgIpc) is 3.11. The number of morpholine rings is 1. The first-order valence-electron chi connectivity index (χ1n) is 9.59. The van der Waals surface area contributed by atoms with Crippen LogP contribution in [0, 0.1) is 22.9 Å². The lowest BCUT2D eigenvalue weighted by atomic mass is 10.2. The Balaban J connectivity index is 1.76. The quantitative estimate of drug-likeness (QED) is 0.457. The number of nitrogens with zero attached hydrogens (tertiary/aromatic N) is 4. The third kappa shape index (κ3) is 4.10. The van der Waals surface area contributed by atoms with Gasteiger partial charge in [0.25, 0.3) is 11.6 Å². The number of carbonyl (C=O) groups excluding carboxylic acids is 1. The SMILES string of the molecule is Cc1c(C(=O)N2CCOCC2)nn(-c2ccccc2)c1Oc1ccc([N+](=O)[O-])cc1F. The minimum Gasteiger partial charge on any atom is -0.436 e. The van der Waals surface area contributed by atoms with Crippen LogP contribution in [0.5, 0.6) is 11.6 Å². The van der Waals surface area contributed by atoms with Gasteiger partial charge in [0.15, 0.2) is 17.3 Å². The van der Waals surface area contributed by atoms with E-state index in [2.05, 4.69) is 5.10 Å². The van der Waals surface area contributed by atoms with Gasteiger partial charge in [0, 0.05) is 24.7 Å². The highest BCUT2D eigenvalue weighted by Gasteiger charge is 2.28. The summed E-state index contributed by atoms with van der Waals surface area (Å²) in [5.74, 6) is -1.23. The third-order valence-corrected chi connectivity index (χ3v) is 4.90. The Kier molecular flexibility index (Phi) is 5.63. The number of aromatic nitrogens is 2. The molecule has 0 saturated carbocycles. The molecule has 0 atom stereocenters. The maximum atomic E-state index is 14.5. The average molecular weight is 426 g/mol. The van der Waals surface area contributed by atoms with Gasteiger partial charge < -0.3 is 14.4 Å². The van der Waals surface area contributed by atoms with Crippen molar-refractivity contribution in [2.24, 2.45) is 0 Å². The van der Waals surface area contributed by atoms with Crippen molar-refractivity contribution in [3.8, 4) is 17.3 Å². The second-order valence-corrected chi connectivity index (χ2v) is 6.90. The summed E-state index contributed by atoms with van der Waals surface area (Å²) >= 11 is 0. The lowest BCUT2D eigenvalue weighted by Gasteiger charge is -2.26. The molecule has 4 rings (SSSR count). The van der Waals surface area contributed by atoms with Crippen LogP contribution in [0.15, 0.2) is 48.5 Å². The van der Waals surface area contributed by atoms with Crippen LogP contribution in [0.2, 0.25) is 0 Å². The van der Waals surface area contributed by atoms with E-state index in [0.717, 1.165) is 12.1 Å². The van der Waals surface area contributed by atoms with Crippen molar-refractivity contribution in [1.29, 1.82) is 0 Å². The van der Waals surface area contributed by atoms with Gasteiger partial charge in [-0.3, -0.25) is 14.9 Å². The molecular weight excluding hydrogens is 407 g/mol. The second kappa shape index (κ2) is 8.52. The fourth-order valence-corrected chi connectivity index (χ4v) is 3.25. The van der Waals surface area contributed by atoms with Crippen LogP contribution in [0.3, 0.4) is 0 Å². The fraction of sp³-hybridized carbons (Fsp3) is 0.238. The van der Waals surface area contributed by atoms with Crippen molar-refractivity contribution in [2.75, 3.05) is 26.3 Å². The molecule has 0 spiro atoms. The highest BCUT2D eigenvalue weighted by atomic mass is 19.1. The number of hydrogen-bond acceptors (Lipinski definition) is 6. The van der Waals surface area contributed by atoms with Crippen molar-refractivity contribution < 1.29 is 23.6 Å². The molecular formula is C21H19FN4O5. The molecule has 9 nitrogen and oxygen atoms in total. The van der Waals surface area contributed by atoms with Gasteiger partial charge in [0.05, 0.1) is 29.9 Å². The van der Waals surface area contributed by atoms with Crippen LogP contribution in [-0.4, -0.2) is 51.8 Å². The first kappa shape index (κ1) is 20.5. The van der Waals surface area contributed by atoms with Crippen molar-refractivity contribution in [3.63, 3.8) is 0 Å². The van der Waals surface area contributed by atoms with Gasteiger partial charge in [-0.05, 0) is 25.1 Å². The number of halogens is 1. The maximum Gasteiger partial charge on any atom is 0.274 e. The van der Waals surface area contributed by atoms with Crippen LogP contribution in [0.1, 0.15) is 16.1 Å². The summed E-state index contributed by atoms with van der Waals surface area (Å²) in [6.45, 7) is 3.45. The maximum absolute atomic E-state index is 14.5. The van der Waals surface area contributed by atoms with E-state index in [1.165, 1.54) is 10.7 Å². The van der Waals surface area contributed by atoms with Crippen LogP contribution in [0.4, 0.5) is 10.1 Å². The Morgan fingerprint density at radius 2 is 1.90 bits per heavy atom. The van der Waals surface area contributed by atoms with E-state index in [-0.39, 0.29) is 28.9 Å². The number of ether oxygens (including phenoxy) is 2. The summed E-state index contributed by atoms with van der Waals surface area (Å²) in [5.41, 5.74) is 0.839. The topological polar surface area (TPSA) is 99.7 Å². The number of nitro benzene ring substituents is 1. The largest absolute Gasteiger partial charge is 0.436 e. The lowest BCUT2D eigenvalue weighted by Crippen LogP contribution is -2.41. The summed E-state index contributed by atoms with van der Waals surface area (Å²) in [4.78, 5) is 24.9. The van der Waals surface area contributed by atoms with Gasteiger partial charge in [0.1, 0.15) is 0 Å². The molecule has 0 aliphatic carbocycles. The molecule has 2 heterocycles. The molecule has 1 aliphatic heterocycles. The molecule has 0 unspecified atom stereocenters. The van der Waals surface area contributed by atoms with Crippen molar-refractivity contribution in [3.05, 3.63) is 75.7 Å². The van der Waals surface area contributed by atoms with E-state index in [1.807, 2.05) is 6.07 Å². The van der Waals surface area contributed by atoms with Crippen molar-refractivity contribution in [2.45, 2.75) is 6.92 Å². The number of nitro groups is 1. The van der Waals surface area contributed by atoms with Crippen molar-refractivity contribution >= 4 is 11.6 Å². The number of amides is 1. The van der Waals surface area contributed by atoms with E-state index < -0.39 is 10.7 Å². The minimum absolute atomic E-state index is 0.149. The Bertz CT molecular complexity index is 1130. The zero-order chi connectivity index (χ0) is 22.0. The van der Waals surface area contributed by atoms with Crippen LogP contribution < -0.4 is 4.74 Å². The molecule has 1 amide bonds. The minimum atomic E-state index is -0.893. The number of carbonyl (C=O) groups is 1. The van der Waals surface area contributed by atoms with Gasteiger partial charge in [-0.15, -0.1) is 0 Å². The predicted molar refractivity (Wildman–Crippen MR) is 108 cm³/mol. The zero-order valence-electron chi connectivity index (χ0n) is 16.7. The highest BCUT2D eigenvalue weighted by Crippen LogP contribution is 2.33. The van der Waals surface area contributed by atoms with Crippen LogP contribution in [-0.2, 0) is 4.74 Å². The van der Waals surface area contributed by atoms with E-state index >= 15 is 0 Å². The van der Waals surface area contributed by atoms with Crippen molar-refractivity contribution in [1.82, 2.24) is 14.7 Å². The Morgan fingerprint density at radius 3 is 2.55 bits per heavy atom. The number of benzene rings is 2. The van der Waals surface area contributed by atoms with Gasteiger partial charge in [-0.2, -0.15) is 9.78 Å². The fourth-order valence-electron chi connectivity index (χ4n) is 3.25. The van der Waals surface area contributed by atoms with E-state index in [1.54, 1.807) is 36.1 Å². The summed E-state index contributed by atoms with van der Waals surface area (Å²) in [7, 11) is 0. The summed E-state index contributed by atoms with van der Waals surface area (Å²) in [6, 6.07) is 12.1. The second-order valence-electron chi connectivity index (χ2n) is 6.90. The number of non-ortho nitro benzene ring substituents is 1. The molecule has 31 heavy (non-hydrogen) atoms. The molecule has 1 fully saturated rings. The zero-order valence-corrected chi connectivity index (χ0v) is 16.7. The predicted octanol–water partition coefficient (Wildman–Crippen LogP) is 3.49. The summed E-state index contributed by atoms with van der Waals surface area (Å²) in [5, 5.41) is 15.3. The molecule has 0 N–H and O–H groups in total. The summed E-state index contributed by atoms with van der Waals surface area (Å²) < 4.78 is 27.0. The Hall–Kier alpha value is -3.79. The van der Waals surface area contributed by atoms with E-state index in [4.69, 9.17) is 9.47 Å². The molecule has 160 valence electrons.